The minimum atomic E-state index is -3.75. The Morgan fingerprint density at radius 3 is 2.41 bits per heavy atom. The number of sulfonamides is 1. The first-order valence-electron chi connectivity index (χ1n) is 9.54. The molecule has 3 aromatic carbocycles. The summed E-state index contributed by atoms with van der Waals surface area (Å²) in [5.74, 6) is -2.25. The fourth-order valence-electron chi connectivity index (χ4n) is 3.35. The molecule has 0 bridgehead atoms. The minimum absolute atomic E-state index is 0.0173. The summed E-state index contributed by atoms with van der Waals surface area (Å²) >= 11 is 0. The second-order valence-corrected chi connectivity index (χ2v) is 8.73. The van der Waals surface area contributed by atoms with Crippen LogP contribution in [0.4, 0.5) is 8.78 Å². The average molecular weight is 457 g/mol. The number of halogens is 2. The molecule has 10 heteroatoms. The molecule has 3 N–H and O–H groups in total. The van der Waals surface area contributed by atoms with Crippen molar-refractivity contribution in [2.45, 2.75) is 4.90 Å². The van der Waals surface area contributed by atoms with Crippen molar-refractivity contribution in [3.63, 3.8) is 0 Å². The lowest BCUT2D eigenvalue weighted by molar-refractivity contribution is 0.0955. The molecular formula is C22H17F2N3O4S. The molecule has 164 valence electrons. The van der Waals surface area contributed by atoms with E-state index in [-0.39, 0.29) is 45.4 Å². The molecule has 0 unspecified atom stereocenters. The molecule has 4 rings (SSSR count). The number of fused-ring (bicyclic) bond motifs is 2. The molecule has 0 saturated carbocycles. The number of benzene rings is 3. The van der Waals surface area contributed by atoms with E-state index in [9.17, 15) is 26.8 Å². The number of pyridine rings is 1. The molecule has 0 aliphatic heterocycles. The Hall–Kier alpha value is -3.63. The van der Waals surface area contributed by atoms with Gasteiger partial charge in [0.2, 0.25) is 10.0 Å². The molecule has 0 spiro atoms. The predicted molar refractivity (Wildman–Crippen MR) is 116 cm³/mol. The number of rotatable bonds is 6. The summed E-state index contributed by atoms with van der Waals surface area (Å²) in [7, 11) is -3.75. The molecule has 32 heavy (non-hydrogen) atoms. The van der Waals surface area contributed by atoms with Crippen LogP contribution in [0.5, 0.6) is 0 Å². The number of carbonyl (C=O) groups is 1. The number of hydrogen-bond acceptors (Lipinski definition) is 4. The van der Waals surface area contributed by atoms with Gasteiger partial charge in [-0.1, -0.05) is 24.3 Å². The van der Waals surface area contributed by atoms with Gasteiger partial charge in [-0.25, -0.2) is 21.9 Å². The Balaban J connectivity index is 1.58. The molecule has 0 fully saturated rings. The third-order valence-electron chi connectivity index (χ3n) is 4.86. The molecule has 1 aromatic heterocycles. The Morgan fingerprint density at radius 1 is 0.906 bits per heavy atom. The monoisotopic (exact) mass is 457 g/mol. The quantitative estimate of drug-likeness (QED) is 0.306. The fraction of sp³-hybridized carbons (Fsp3) is 0.0909. The van der Waals surface area contributed by atoms with Crippen LogP contribution in [0.1, 0.15) is 10.4 Å². The standard InChI is InChI=1S/C22H17F2N3O4S/c23-13-11-16-19(27-20-15(21(16)28)7-4-8-18(20)24)17(12-13)22(29)25-9-10-26-32(30,31)14-5-2-1-3-6-14/h1-8,11-12,26H,9-10H2,(H,25,29)(H,27,28). The summed E-state index contributed by atoms with van der Waals surface area (Å²) in [5, 5.41) is 2.41. The smallest absolute Gasteiger partial charge is 0.253 e. The Morgan fingerprint density at radius 2 is 1.66 bits per heavy atom. The van der Waals surface area contributed by atoms with Gasteiger partial charge in [0.1, 0.15) is 11.6 Å². The van der Waals surface area contributed by atoms with Gasteiger partial charge in [-0.15, -0.1) is 0 Å². The molecule has 7 nitrogen and oxygen atoms in total. The summed E-state index contributed by atoms with van der Waals surface area (Å²) in [5.41, 5.74) is -0.928. The highest BCUT2D eigenvalue weighted by Gasteiger charge is 2.18. The number of amides is 1. The number of nitrogens with one attached hydrogen (secondary N) is 3. The van der Waals surface area contributed by atoms with Crippen LogP contribution in [0.2, 0.25) is 0 Å². The van der Waals surface area contributed by atoms with E-state index in [0.29, 0.717) is 0 Å². The van der Waals surface area contributed by atoms with Crippen molar-refractivity contribution in [3.8, 4) is 0 Å². The van der Waals surface area contributed by atoms with Crippen molar-refractivity contribution in [1.29, 1.82) is 0 Å². The van der Waals surface area contributed by atoms with E-state index in [4.69, 9.17) is 0 Å². The van der Waals surface area contributed by atoms with E-state index in [0.717, 1.165) is 18.2 Å². The van der Waals surface area contributed by atoms with E-state index in [1.165, 1.54) is 24.3 Å². The summed E-state index contributed by atoms with van der Waals surface area (Å²) < 4.78 is 55.1. The van der Waals surface area contributed by atoms with Gasteiger partial charge < -0.3 is 10.3 Å². The van der Waals surface area contributed by atoms with Gasteiger partial charge in [0.25, 0.3) is 5.91 Å². The lowest BCUT2D eigenvalue weighted by Gasteiger charge is -2.11. The van der Waals surface area contributed by atoms with Crippen LogP contribution in [0.25, 0.3) is 21.8 Å². The van der Waals surface area contributed by atoms with Gasteiger partial charge >= 0.3 is 0 Å². The molecule has 0 aliphatic carbocycles. The molecule has 1 amide bonds. The highest BCUT2D eigenvalue weighted by atomic mass is 32.2. The fourth-order valence-corrected chi connectivity index (χ4v) is 4.40. The van der Waals surface area contributed by atoms with Crippen LogP contribution in [-0.2, 0) is 10.0 Å². The Bertz CT molecular complexity index is 1500. The van der Waals surface area contributed by atoms with E-state index in [1.54, 1.807) is 18.2 Å². The van der Waals surface area contributed by atoms with Crippen molar-refractivity contribution in [3.05, 3.63) is 88.1 Å². The van der Waals surface area contributed by atoms with E-state index < -0.39 is 33.0 Å². The van der Waals surface area contributed by atoms with Crippen LogP contribution >= 0.6 is 0 Å². The van der Waals surface area contributed by atoms with Crippen LogP contribution in [0, 0.1) is 11.6 Å². The van der Waals surface area contributed by atoms with Crippen LogP contribution in [0.3, 0.4) is 0 Å². The van der Waals surface area contributed by atoms with Crippen molar-refractivity contribution >= 4 is 37.7 Å². The van der Waals surface area contributed by atoms with Gasteiger partial charge in [-0.3, -0.25) is 9.59 Å². The summed E-state index contributed by atoms with van der Waals surface area (Å²) in [4.78, 5) is 28.2. The number of H-pyrrole nitrogens is 1. The summed E-state index contributed by atoms with van der Waals surface area (Å²) in [6.45, 7) is -0.223. The first-order valence-corrected chi connectivity index (χ1v) is 11.0. The normalized spacial score (nSPS) is 11.7. The number of aromatic nitrogens is 1. The van der Waals surface area contributed by atoms with Crippen LogP contribution in [0.15, 0.2) is 70.4 Å². The largest absolute Gasteiger partial charge is 0.351 e. The average Bonchev–Trinajstić information content (AvgIpc) is 2.78. The highest BCUT2D eigenvalue weighted by Crippen LogP contribution is 2.21. The molecule has 4 aromatic rings. The van der Waals surface area contributed by atoms with Gasteiger partial charge in [-0.05, 0) is 36.4 Å². The summed E-state index contributed by atoms with van der Waals surface area (Å²) in [6.07, 6.45) is 0. The highest BCUT2D eigenvalue weighted by molar-refractivity contribution is 7.89. The van der Waals surface area contributed by atoms with Crippen molar-refractivity contribution < 1.29 is 22.0 Å². The first kappa shape index (κ1) is 21.6. The van der Waals surface area contributed by atoms with E-state index in [1.807, 2.05) is 0 Å². The second kappa shape index (κ2) is 8.48. The topological polar surface area (TPSA) is 108 Å². The molecule has 0 radical (unpaired) electrons. The number of carbonyl (C=O) groups excluding carboxylic acids is 1. The minimum Gasteiger partial charge on any atom is -0.351 e. The number of para-hydroxylation sites is 1. The molecule has 0 atom stereocenters. The maximum absolute atomic E-state index is 14.2. The van der Waals surface area contributed by atoms with E-state index in [2.05, 4.69) is 15.0 Å². The maximum atomic E-state index is 14.2. The Labute approximate surface area is 181 Å². The zero-order valence-corrected chi connectivity index (χ0v) is 17.3. The molecule has 0 saturated heterocycles. The zero-order valence-electron chi connectivity index (χ0n) is 16.5. The SMILES string of the molecule is O=C(NCCNS(=O)(=O)c1ccccc1)c1cc(F)cc2c(=O)c3cccc(F)c3[nH]c12. The molecular weight excluding hydrogens is 440 g/mol. The maximum Gasteiger partial charge on any atom is 0.253 e. The van der Waals surface area contributed by atoms with Crippen molar-refractivity contribution in [2.75, 3.05) is 13.1 Å². The lowest BCUT2D eigenvalue weighted by atomic mass is 10.1. The molecule has 1 heterocycles. The second-order valence-electron chi connectivity index (χ2n) is 6.96. The Kier molecular flexibility index (Phi) is 5.72. The predicted octanol–water partition coefficient (Wildman–Crippen LogP) is 2.67. The molecule has 0 aliphatic rings. The third kappa shape index (κ3) is 4.10. The third-order valence-corrected chi connectivity index (χ3v) is 6.33. The van der Waals surface area contributed by atoms with Crippen molar-refractivity contribution in [1.82, 2.24) is 15.0 Å². The summed E-state index contributed by atoms with van der Waals surface area (Å²) in [6, 6.07) is 13.5. The van der Waals surface area contributed by atoms with Gasteiger partial charge in [0, 0.05) is 23.9 Å². The lowest BCUT2D eigenvalue weighted by Crippen LogP contribution is -2.35. The van der Waals surface area contributed by atoms with Crippen LogP contribution in [-0.4, -0.2) is 32.4 Å². The zero-order chi connectivity index (χ0) is 22.9. The van der Waals surface area contributed by atoms with Crippen molar-refractivity contribution in [2.24, 2.45) is 0 Å². The first-order chi connectivity index (χ1) is 15.3. The van der Waals surface area contributed by atoms with Gasteiger partial charge in [0.05, 0.1) is 21.5 Å². The number of aromatic amines is 1. The van der Waals surface area contributed by atoms with Gasteiger partial charge in [0.15, 0.2) is 5.43 Å². The number of hydrogen-bond donors (Lipinski definition) is 3. The van der Waals surface area contributed by atoms with E-state index >= 15 is 0 Å². The van der Waals surface area contributed by atoms with Crippen LogP contribution < -0.4 is 15.5 Å². The van der Waals surface area contributed by atoms with Gasteiger partial charge in [-0.2, -0.15) is 0 Å².